The second kappa shape index (κ2) is 7.94. The number of nitrogens with zero attached hydrogens (tertiary/aromatic N) is 1. The Labute approximate surface area is 90.9 Å². The van der Waals surface area contributed by atoms with Crippen LogP contribution in [0.25, 0.3) is 0 Å². The zero-order valence-electron chi connectivity index (χ0n) is 9.53. The van der Waals surface area contributed by atoms with Crippen LogP contribution in [0.2, 0.25) is 0 Å². The van der Waals surface area contributed by atoms with Crippen LogP contribution in [0, 0.1) is 0 Å². The summed E-state index contributed by atoms with van der Waals surface area (Å²) in [6.07, 6.45) is 2.24. The molecule has 1 atom stereocenters. The number of anilines is 1. The molecule has 1 aromatic rings. The fraction of sp³-hybridized carbons (Fsp3) is 0.455. The van der Waals surface area contributed by atoms with E-state index in [4.69, 9.17) is 5.73 Å². The number of hydrogen-bond acceptors (Lipinski definition) is 3. The number of pyridine rings is 1. The fourth-order valence-electron chi connectivity index (χ4n) is 0.841. The first-order valence-corrected chi connectivity index (χ1v) is 5.21. The fourth-order valence-corrected chi connectivity index (χ4v) is 0.841. The van der Waals surface area contributed by atoms with Gasteiger partial charge in [-0.05, 0) is 18.6 Å². The van der Waals surface area contributed by atoms with Gasteiger partial charge < -0.3 is 11.1 Å². The second-order valence-corrected chi connectivity index (χ2v) is 2.72. The summed E-state index contributed by atoms with van der Waals surface area (Å²) in [7, 11) is 0. The molecule has 3 N–H and O–H groups in total. The summed E-state index contributed by atoms with van der Waals surface area (Å²) in [5, 5.41) is 2.62. The van der Waals surface area contributed by atoms with Crippen molar-refractivity contribution in [2.24, 2.45) is 5.73 Å². The maximum atomic E-state index is 11.3. The highest BCUT2D eigenvalue weighted by atomic mass is 16.2. The van der Waals surface area contributed by atoms with Gasteiger partial charge in [0.25, 0.3) is 0 Å². The average molecular weight is 209 g/mol. The molecule has 1 amide bonds. The Morgan fingerprint density at radius 2 is 2.20 bits per heavy atom. The van der Waals surface area contributed by atoms with Crippen LogP contribution >= 0.6 is 0 Å². The largest absolute Gasteiger partial charge is 0.320 e. The molecule has 1 aromatic heterocycles. The third-order valence-electron chi connectivity index (χ3n) is 1.69. The molecule has 1 unspecified atom stereocenters. The lowest BCUT2D eigenvalue weighted by atomic mass is 10.2. The van der Waals surface area contributed by atoms with Gasteiger partial charge >= 0.3 is 0 Å². The van der Waals surface area contributed by atoms with Crippen LogP contribution in [0.4, 0.5) is 5.82 Å². The highest BCUT2D eigenvalue weighted by Gasteiger charge is 2.10. The predicted octanol–water partition coefficient (Wildman–Crippen LogP) is 1.78. The molecule has 1 heterocycles. The van der Waals surface area contributed by atoms with Crippen molar-refractivity contribution < 1.29 is 4.79 Å². The van der Waals surface area contributed by atoms with E-state index in [1.165, 1.54) is 0 Å². The van der Waals surface area contributed by atoms with Gasteiger partial charge in [0.15, 0.2) is 0 Å². The second-order valence-electron chi connectivity index (χ2n) is 2.72. The highest BCUT2D eigenvalue weighted by molar-refractivity contribution is 5.93. The van der Waals surface area contributed by atoms with Gasteiger partial charge in [-0.25, -0.2) is 4.98 Å². The molecule has 0 bridgehead atoms. The van der Waals surface area contributed by atoms with Crippen LogP contribution in [0.3, 0.4) is 0 Å². The van der Waals surface area contributed by atoms with Crippen molar-refractivity contribution in [3.63, 3.8) is 0 Å². The minimum Gasteiger partial charge on any atom is -0.320 e. The number of rotatable bonds is 3. The van der Waals surface area contributed by atoms with Gasteiger partial charge in [0.05, 0.1) is 6.04 Å². The van der Waals surface area contributed by atoms with Gasteiger partial charge in [0, 0.05) is 6.20 Å². The maximum Gasteiger partial charge on any atom is 0.242 e. The molecule has 4 nitrogen and oxygen atoms in total. The summed E-state index contributed by atoms with van der Waals surface area (Å²) in [6.45, 7) is 5.86. The van der Waals surface area contributed by atoms with Gasteiger partial charge in [-0.3, -0.25) is 4.79 Å². The summed E-state index contributed by atoms with van der Waals surface area (Å²) in [5.41, 5.74) is 5.52. The molecule has 0 aliphatic carbocycles. The van der Waals surface area contributed by atoms with Crippen molar-refractivity contribution in [3.8, 4) is 0 Å². The van der Waals surface area contributed by atoms with Crippen LogP contribution < -0.4 is 11.1 Å². The van der Waals surface area contributed by atoms with E-state index in [0.717, 1.165) is 0 Å². The first-order valence-electron chi connectivity index (χ1n) is 5.21. The Bertz CT molecular complexity index is 274. The smallest absolute Gasteiger partial charge is 0.242 e. The predicted molar refractivity (Wildman–Crippen MR) is 62.5 cm³/mol. The Hall–Kier alpha value is -1.42. The van der Waals surface area contributed by atoms with Crippen molar-refractivity contribution in [3.05, 3.63) is 24.4 Å². The van der Waals surface area contributed by atoms with E-state index in [1.54, 1.807) is 24.4 Å². The van der Waals surface area contributed by atoms with Crippen molar-refractivity contribution in [2.75, 3.05) is 5.32 Å². The summed E-state index contributed by atoms with van der Waals surface area (Å²) in [6, 6.07) is 4.86. The SMILES string of the molecule is CC.CCC(N)C(=O)Nc1ccccn1. The molecule has 0 aromatic carbocycles. The number of hydrogen-bond donors (Lipinski definition) is 2. The molecule has 0 spiro atoms. The van der Waals surface area contributed by atoms with Crippen LogP contribution in [0.1, 0.15) is 27.2 Å². The summed E-state index contributed by atoms with van der Waals surface area (Å²) in [5.74, 6) is 0.345. The Kier molecular flexibility index (Phi) is 7.18. The summed E-state index contributed by atoms with van der Waals surface area (Å²) >= 11 is 0. The van der Waals surface area contributed by atoms with E-state index in [0.29, 0.717) is 12.2 Å². The Morgan fingerprint density at radius 3 is 2.67 bits per heavy atom. The van der Waals surface area contributed by atoms with E-state index in [9.17, 15) is 4.79 Å². The number of aromatic nitrogens is 1. The Morgan fingerprint density at radius 1 is 1.53 bits per heavy atom. The number of carbonyl (C=O) groups excluding carboxylic acids is 1. The molecular weight excluding hydrogens is 190 g/mol. The van der Waals surface area contributed by atoms with Crippen LogP contribution in [-0.4, -0.2) is 16.9 Å². The molecule has 0 saturated heterocycles. The number of carbonyl (C=O) groups is 1. The molecule has 0 aliphatic rings. The molecule has 84 valence electrons. The standard InChI is InChI=1S/C9H13N3O.C2H6/c1-2-7(10)9(13)12-8-5-3-4-6-11-8;1-2/h3-7H,2,10H2,1H3,(H,11,12,13);1-2H3. The van der Waals surface area contributed by atoms with E-state index < -0.39 is 6.04 Å². The van der Waals surface area contributed by atoms with Gasteiger partial charge in [0.2, 0.25) is 5.91 Å². The van der Waals surface area contributed by atoms with Crippen molar-refractivity contribution in [1.29, 1.82) is 0 Å². The Balaban J connectivity index is 0.000000921. The summed E-state index contributed by atoms with van der Waals surface area (Å²) in [4.78, 5) is 15.2. The van der Waals surface area contributed by atoms with Gasteiger partial charge in [-0.15, -0.1) is 0 Å². The summed E-state index contributed by atoms with van der Waals surface area (Å²) < 4.78 is 0. The first-order chi connectivity index (χ1) is 7.24. The third-order valence-corrected chi connectivity index (χ3v) is 1.69. The zero-order valence-corrected chi connectivity index (χ0v) is 9.53. The van der Waals surface area contributed by atoms with Crippen LogP contribution in [0.15, 0.2) is 24.4 Å². The van der Waals surface area contributed by atoms with Crippen molar-refractivity contribution in [2.45, 2.75) is 33.2 Å². The third kappa shape index (κ3) is 5.12. The lowest BCUT2D eigenvalue weighted by molar-refractivity contribution is -0.117. The number of amides is 1. The van der Waals surface area contributed by atoms with Gasteiger partial charge in [-0.2, -0.15) is 0 Å². The molecule has 0 aliphatic heterocycles. The van der Waals surface area contributed by atoms with Crippen molar-refractivity contribution in [1.82, 2.24) is 4.98 Å². The maximum absolute atomic E-state index is 11.3. The van der Waals surface area contributed by atoms with Crippen LogP contribution in [0.5, 0.6) is 0 Å². The number of nitrogens with one attached hydrogen (secondary N) is 1. The molecule has 15 heavy (non-hydrogen) atoms. The highest BCUT2D eigenvalue weighted by Crippen LogP contribution is 2.00. The molecule has 0 radical (unpaired) electrons. The molecular formula is C11H19N3O. The first kappa shape index (κ1) is 13.6. The average Bonchev–Trinajstić information content (AvgIpc) is 2.32. The monoisotopic (exact) mass is 209 g/mol. The van der Waals surface area contributed by atoms with Gasteiger partial charge in [0.1, 0.15) is 5.82 Å². The minimum absolute atomic E-state index is 0.193. The van der Waals surface area contributed by atoms with E-state index in [2.05, 4.69) is 10.3 Å². The molecule has 1 rings (SSSR count). The van der Waals surface area contributed by atoms with E-state index >= 15 is 0 Å². The zero-order chi connectivity index (χ0) is 11.7. The molecule has 0 saturated carbocycles. The van der Waals surface area contributed by atoms with E-state index in [-0.39, 0.29) is 5.91 Å². The topological polar surface area (TPSA) is 68.0 Å². The van der Waals surface area contributed by atoms with Crippen molar-refractivity contribution >= 4 is 11.7 Å². The lowest BCUT2D eigenvalue weighted by Gasteiger charge is -2.08. The van der Waals surface area contributed by atoms with Gasteiger partial charge in [-0.1, -0.05) is 26.8 Å². The van der Waals surface area contributed by atoms with E-state index in [1.807, 2.05) is 20.8 Å². The minimum atomic E-state index is -0.456. The normalized spacial score (nSPS) is 10.9. The van der Waals surface area contributed by atoms with Crippen LogP contribution in [-0.2, 0) is 4.79 Å². The molecule has 0 fully saturated rings. The lowest BCUT2D eigenvalue weighted by Crippen LogP contribution is -2.35. The number of nitrogens with two attached hydrogens (primary N) is 1. The quantitative estimate of drug-likeness (QED) is 0.797. The molecule has 4 heteroatoms.